The number of nitrogens with one attached hydrogen (secondary N) is 3. The Bertz CT molecular complexity index is 1340. The maximum atomic E-state index is 12.4. The first-order valence-corrected chi connectivity index (χ1v) is 12.6. The van der Waals surface area contributed by atoms with E-state index in [9.17, 15) is 4.79 Å². The number of hydrogen-bond donors (Lipinski definition) is 3. The zero-order valence-electron chi connectivity index (χ0n) is 19.8. The highest BCUT2D eigenvalue weighted by atomic mass is 32.1. The molecule has 11 heteroatoms. The van der Waals surface area contributed by atoms with Crippen LogP contribution in [0.1, 0.15) is 28.2 Å². The minimum atomic E-state index is -0.300. The van der Waals surface area contributed by atoms with Gasteiger partial charge in [-0.3, -0.25) is 0 Å². The number of pyridine rings is 1. The zero-order valence-corrected chi connectivity index (χ0v) is 20.6. The lowest BCUT2D eigenvalue weighted by Crippen LogP contribution is -2.30. The molecule has 0 atom stereocenters. The summed E-state index contributed by atoms with van der Waals surface area (Å²) in [7, 11) is 0. The summed E-state index contributed by atoms with van der Waals surface area (Å²) >= 11 is 1.33. The van der Waals surface area contributed by atoms with Crippen molar-refractivity contribution in [1.29, 1.82) is 0 Å². The maximum absolute atomic E-state index is 12.4. The van der Waals surface area contributed by atoms with E-state index in [4.69, 9.17) is 4.74 Å². The average molecular weight is 503 g/mol. The molecule has 1 aliphatic rings. The van der Waals surface area contributed by atoms with Crippen LogP contribution in [0, 0.1) is 12.8 Å². The summed E-state index contributed by atoms with van der Waals surface area (Å²) in [5, 5.41) is 11.5. The number of carbonyl (C=O) groups is 1. The average Bonchev–Trinajstić information content (AvgIpc) is 3.37. The Kier molecular flexibility index (Phi) is 7.39. The van der Waals surface area contributed by atoms with Gasteiger partial charge in [-0.25, -0.2) is 24.7 Å². The second kappa shape index (κ2) is 11.2. The highest BCUT2D eigenvalue weighted by molar-refractivity contribution is 7.12. The van der Waals surface area contributed by atoms with Crippen molar-refractivity contribution in [2.75, 3.05) is 30.3 Å². The normalized spacial score (nSPS) is 13.8. The van der Waals surface area contributed by atoms with Crippen molar-refractivity contribution in [3.8, 4) is 11.5 Å². The lowest BCUT2D eigenvalue weighted by atomic mass is 9.99. The Balaban J connectivity index is 1.21. The number of hydrogen-bond acceptors (Lipinski definition) is 11. The van der Waals surface area contributed by atoms with E-state index in [0.717, 1.165) is 37.3 Å². The minimum absolute atomic E-state index is 0.300. The third-order valence-corrected chi connectivity index (χ3v) is 6.56. The number of rotatable bonds is 8. The molecule has 4 aromatic rings. The number of aromatic nitrogens is 5. The van der Waals surface area contributed by atoms with Crippen LogP contribution in [0.5, 0.6) is 0 Å². The van der Waals surface area contributed by atoms with Crippen molar-refractivity contribution < 1.29 is 9.53 Å². The van der Waals surface area contributed by atoms with Crippen LogP contribution in [0.15, 0.2) is 54.2 Å². The quantitative estimate of drug-likeness (QED) is 0.299. The van der Waals surface area contributed by atoms with Gasteiger partial charge in [0.05, 0.1) is 12.3 Å². The summed E-state index contributed by atoms with van der Waals surface area (Å²) in [6.45, 7) is 4.34. The van der Waals surface area contributed by atoms with E-state index in [-0.39, 0.29) is 5.97 Å². The second-order valence-electron chi connectivity index (χ2n) is 8.44. The molecule has 0 aliphatic carbocycles. The van der Waals surface area contributed by atoms with Gasteiger partial charge in [-0.2, -0.15) is 4.98 Å². The highest BCUT2D eigenvalue weighted by Crippen LogP contribution is 2.24. The number of carbonyl (C=O) groups excluding carboxylic acids is 1. The molecule has 5 heterocycles. The molecule has 0 radical (unpaired) electrons. The first-order valence-electron chi connectivity index (χ1n) is 11.7. The number of thiophene rings is 1. The van der Waals surface area contributed by atoms with Gasteiger partial charge in [0.15, 0.2) is 5.82 Å². The summed E-state index contributed by atoms with van der Waals surface area (Å²) in [6, 6.07) is 11.0. The fraction of sp³-hybridized carbons (Fsp3) is 0.280. The lowest BCUT2D eigenvalue weighted by molar-refractivity contribution is 0.0421. The molecule has 3 N–H and O–H groups in total. The van der Waals surface area contributed by atoms with Crippen LogP contribution in [-0.4, -0.2) is 50.6 Å². The number of ether oxygens (including phenoxy) is 1. The number of anilines is 4. The zero-order chi connectivity index (χ0) is 24.7. The first-order chi connectivity index (χ1) is 17.6. The fourth-order valence-electron chi connectivity index (χ4n) is 3.79. The third-order valence-electron chi connectivity index (χ3n) is 5.65. The summed E-state index contributed by atoms with van der Waals surface area (Å²) in [5.41, 5.74) is 2.32. The molecule has 0 unspecified atom stereocenters. The van der Waals surface area contributed by atoms with E-state index in [2.05, 4.69) is 40.9 Å². The van der Waals surface area contributed by atoms with Crippen LogP contribution < -0.4 is 16.0 Å². The van der Waals surface area contributed by atoms with Gasteiger partial charge in [0.1, 0.15) is 22.2 Å². The number of aryl methyl sites for hydroxylation is 1. The van der Waals surface area contributed by atoms with Crippen molar-refractivity contribution in [2.24, 2.45) is 5.92 Å². The topological polar surface area (TPSA) is 127 Å². The highest BCUT2D eigenvalue weighted by Gasteiger charge is 2.17. The fourth-order valence-corrected chi connectivity index (χ4v) is 4.52. The Labute approximate surface area is 212 Å². The van der Waals surface area contributed by atoms with Gasteiger partial charge < -0.3 is 20.7 Å². The summed E-state index contributed by atoms with van der Waals surface area (Å²) in [4.78, 5) is 35.1. The van der Waals surface area contributed by atoms with E-state index in [0.29, 0.717) is 46.5 Å². The van der Waals surface area contributed by atoms with E-state index >= 15 is 0 Å². The Morgan fingerprint density at radius 2 is 1.86 bits per heavy atom. The summed E-state index contributed by atoms with van der Waals surface area (Å²) in [5.74, 6) is 2.19. The van der Waals surface area contributed by atoms with Gasteiger partial charge in [0.25, 0.3) is 0 Å². The van der Waals surface area contributed by atoms with E-state index < -0.39 is 0 Å². The minimum Gasteiger partial charge on any atom is -0.461 e. The smallest absolute Gasteiger partial charge is 0.348 e. The van der Waals surface area contributed by atoms with E-state index in [1.165, 1.54) is 11.3 Å². The van der Waals surface area contributed by atoms with Gasteiger partial charge in [-0.1, -0.05) is 6.07 Å². The molecular formula is C25H26N8O2S. The predicted octanol–water partition coefficient (Wildman–Crippen LogP) is 4.34. The summed E-state index contributed by atoms with van der Waals surface area (Å²) in [6.07, 6.45) is 5.38. The van der Waals surface area contributed by atoms with Gasteiger partial charge in [0, 0.05) is 23.5 Å². The van der Waals surface area contributed by atoms with Crippen molar-refractivity contribution >= 4 is 40.6 Å². The Morgan fingerprint density at radius 3 is 2.69 bits per heavy atom. The van der Waals surface area contributed by atoms with Gasteiger partial charge in [-0.15, -0.1) is 11.3 Å². The Hall–Kier alpha value is -3.96. The molecule has 36 heavy (non-hydrogen) atoms. The molecule has 0 amide bonds. The number of nitrogens with zero attached hydrogens (tertiary/aromatic N) is 5. The van der Waals surface area contributed by atoms with Crippen molar-refractivity contribution in [1.82, 2.24) is 30.2 Å². The molecular weight excluding hydrogens is 476 g/mol. The van der Waals surface area contributed by atoms with Crippen LogP contribution in [0.25, 0.3) is 11.5 Å². The first kappa shape index (κ1) is 23.8. The molecule has 4 aromatic heterocycles. The predicted molar refractivity (Wildman–Crippen MR) is 139 cm³/mol. The van der Waals surface area contributed by atoms with E-state index in [1.54, 1.807) is 30.6 Å². The van der Waals surface area contributed by atoms with Crippen molar-refractivity contribution in [3.05, 3.63) is 64.7 Å². The number of esters is 1. The molecule has 0 spiro atoms. The monoisotopic (exact) mass is 502 g/mol. The Morgan fingerprint density at radius 1 is 1.06 bits per heavy atom. The molecule has 184 valence electrons. The van der Waals surface area contributed by atoms with Gasteiger partial charge in [-0.05, 0) is 69.1 Å². The molecule has 1 fully saturated rings. The largest absolute Gasteiger partial charge is 0.461 e. The van der Waals surface area contributed by atoms with Gasteiger partial charge in [0.2, 0.25) is 5.95 Å². The molecule has 10 nitrogen and oxygen atoms in total. The maximum Gasteiger partial charge on any atom is 0.348 e. The standard InChI is InChI=1S/C25H26N8O2S/c1-16-3-2-4-19(29-16)23-27-11-7-21(32-23)31-22-8-12-28-25(33-22)30-18-13-20(36-15-18)24(34)35-14-17-5-9-26-10-6-17/h2-4,7-8,11-13,15,17,26H,5-6,9-10,14H2,1H3,(H2,27,28,30,31,32,33). The molecule has 0 aromatic carbocycles. The third kappa shape index (κ3) is 6.18. The molecule has 5 rings (SSSR count). The molecule has 0 saturated carbocycles. The molecule has 1 aliphatic heterocycles. The van der Waals surface area contributed by atoms with Crippen LogP contribution in [-0.2, 0) is 4.74 Å². The van der Waals surface area contributed by atoms with Crippen LogP contribution in [0.3, 0.4) is 0 Å². The SMILES string of the molecule is Cc1cccc(-c2nccc(Nc3ccnc(Nc4csc(C(=O)OCC5CCNCC5)c4)n3)n2)n1. The second-order valence-corrected chi connectivity index (χ2v) is 9.35. The lowest BCUT2D eigenvalue weighted by Gasteiger charge is -2.21. The van der Waals surface area contributed by atoms with Crippen LogP contribution in [0.2, 0.25) is 0 Å². The van der Waals surface area contributed by atoms with Crippen molar-refractivity contribution in [2.45, 2.75) is 19.8 Å². The molecule has 1 saturated heterocycles. The van der Waals surface area contributed by atoms with Crippen LogP contribution >= 0.6 is 11.3 Å². The van der Waals surface area contributed by atoms with Gasteiger partial charge >= 0.3 is 5.97 Å². The van der Waals surface area contributed by atoms with Crippen LogP contribution in [0.4, 0.5) is 23.3 Å². The van der Waals surface area contributed by atoms with E-state index in [1.807, 2.05) is 30.5 Å². The summed E-state index contributed by atoms with van der Waals surface area (Å²) < 4.78 is 5.52. The number of piperidine rings is 1. The molecule has 0 bridgehead atoms. The van der Waals surface area contributed by atoms with Crippen molar-refractivity contribution in [3.63, 3.8) is 0 Å².